The van der Waals surface area contributed by atoms with Gasteiger partial charge in [-0.2, -0.15) is 0 Å². The van der Waals surface area contributed by atoms with Gasteiger partial charge in [-0.1, -0.05) is 19.1 Å². The van der Waals surface area contributed by atoms with Crippen LogP contribution in [0.4, 0.5) is 5.69 Å². The molecule has 1 N–H and O–H groups in total. The van der Waals surface area contributed by atoms with Crippen molar-refractivity contribution in [1.82, 2.24) is 9.80 Å². The van der Waals surface area contributed by atoms with Gasteiger partial charge in [0.2, 0.25) is 5.91 Å². The lowest BCUT2D eigenvalue weighted by Gasteiger charge is -2.35. The molecule has 32 heavy (non-hydrogen) atoms. The van der Waals surface area contributed by atoms with E-state index in [1.807, 2.05) is 6.92 Å². The Morgan fingerprint density at radius 2 is 1.59 bits per heavy atom. The molecule has 0 radical (unpaired) electrons. The number of anilines is 1. The predicted octanol–water partition coefficient (Wildman–Crippen LogP) is 1.95. The van der Waals surface area contributed by atoms with Crippen molar-refractivity contribution in [3.05, 3.63) is 48.0 Å². The molecule has 0 atom stereocenters. The van der Waals surface area contributed by atoms with Crippen molar-refractivity contribution in [1.29, 1.82) is 0 Å². The van der Waals surface area contributed by atoms with Crippen molar-refractivity contribution >= 4 is 27.5 Å². The lowest BCUT2D eigenvalue weighted by molar-refractivity contribution is -0.132. The van der Waals surface area contributed by atoms with Gasteiger partial charge in [-0.15, -0.1) is 0 Å². The first-order valence-electron chi connectivity index (χ1n) is 10.5. The first kappa shape index (κ1) is 21.9. The van der Waals surface area contributed by atoms with Crippen LogP contribution in [0.3, 0.4) is 0 Å². The highest BCUT2D eigenvalue weighted by Gasteiger charge is 2.27. The van der Waals surface area contributed by atoms with E-state index in [1.54, 1.807) is 40.1 Å². The number of nitrogens with zero attached hydrogens (tertiary/aromatic N) is 2. The van der Waals surface area contributed by atoms with E-state index in [0.29, 0.717) is 57.3 Å². The van der Waals surface area contributed by atoms with Crippen molar-refractivity contribution in [2.24, 2.45) is 0 Å². The summed E-state index contributed by atoms with van der Waals surface area (Å²) in [7, 11) is -3.97. The van der Waals surface area contributed by atoms with Crippen molar-refractivity contribution in [3.63, 3.8) is 0 Å². The number of fused-ring (bicyclic) bond motifs is 1. The maximum Gasteiger partial charge on any atom is 0.262 e. The first-order chi connectivity index (χ1) is 15.4. The van der Waals surface area contributed by atoms with Crippen LogP contribution in [0.25, 0.3) is 0 Å². The number of carbonyl (C=O) groups is 2. The number of hydrogen-bond donors (Lipinski definition) is 1. The van der Waals surface area contributed by atoms with Crippen LogP contribution in [0.15, 0.2) is 47.4 Å². The van der Waals surface area contributed by atoms with Crippen LogP contribution in [0.5, 0.6) is 11.5 Å². The Labute approximate surface area is 187 Å². The predicted molar refractivity (Wildman–Crippen MR) is 117 cm³/mol. The zero-order chi connectivity index (χ0) is 22.7. The summed E-state index contributed by atoms with van der Waals surface area (Å²) in [6.45, 7) is 4.28. The monoisotopic (exact) mass is 459 g/mol. The van der Waals surface area contributed by atoms with Gasteiger partial charge in [-0.3, -0.25) is 14.3 Å². The number of ether oxygens (including phenoxy) is 2. The highest BCUT2D eigenvalue weighted by atomic mass is 32.2. The topological polar surface area (TPSA) is 105 Å². The minimum absolute atomic E-state index is 0.00990. The maximum atomic E-state index is 13.1. The molecule has 10 heteroatoms. The Bertz CT molecular complexity index is 1130. The molecule has 2 aliphatic heterocycles. The summed E-state index contributed by atoms with van der Waals surface area (Å²) >= 11 is 0. The highest BCUT2D eigenvalue weighted by molar-refractivity contribution is 7.92. The molecule has 2 amide bonds. The largest absolute Gasteiger partial charge is 0.486 e. The fraction of sp³-hybridized carbons (Fsp3) is 0.364. The zero-order valence-corrected chi connectivity index (χ0v) is 18.6. The summed E-state index contributed by atoms with van der Waals surface area (Å²) in [5.41, 5.74) is 0.448. The van der Waals surface area contributed by atoms with Crippen molar-refractivity contribution in [2.45, 2.75) is 18.2 Å². The van der Waals surface area contributed by atoms with Crippen LogP contribution >= 0.6 is 0 Å². The van der Waals surface area contributed by atoms with Crippen molar-refractivity contribution in [2.75, 3.05) is 44.1 Å². The number of nitrogens with one attached hydrogen (secondary N) is 1. The summed E-state index contributed by atoms with van der Waals surface area (Å²) in [5.74, 6) is 0.633. The van der Waals surface area contributed by atoms with Crippen LogP contribution in [0, 0.1) is 0 Å². The van der Waals surface area contributed by atoms with E-state index in [-0.39, 0.29) is 28.0 Å². The minimum Gasteiger partial charge on any atom is -0.486 e. The summed E-state index contributed by atoms with van der Waals surface area (Å²) in [6.07, 6.45) is 0.429. The van der Waals surface area contributed by atoms with Gasteiger partial charge in [-0.25, -0.2) is 8.42 Å². The molecule has 0 bridgehead atoms. The molecule has 4 rings (SSSR count). The molecule has 1 fully saturated rings. The normalized spacial score (nSPS) is 15.9. The number of carbonyl (C=O) groups excluding carboxylic acids is 2. The minimum atomic E-state index is -3.97. The van der Waals surface area contributed by atoms with Crippen LogP contribution in [0.1, 0.15) is 23.7 Å². The SMILES string of the molecule is CCC(=O)N1CCN(C(=O)c2ccccc2NS(=O)(=O)c2ccc3c(c2)OCCO3)CC1. The fourth-order valence-corrected chi connectivity index (χ4v) is 4.80. The fourth-order valence-electron chi connectivity index (χ4n) is 3.71. The Morgan fingerprint density at radius 3 is 2.31 bits per heavy atom. The Hall–Kier alpha value is -3.27. The average Bonchev–Trinajstić information content (AvgIpc) is 2.83. The van der Waals surface area contributed by atoms with E-state index in [9.17, 15) is 18.0 Å². The third kappa shape index (κ3) is 4.50. The summed E-state index contributed by atoms with van der Waals surface area (Å²) in [4.78, 5) is 28.4. The summed E-state index contributed by atoms with van der Waals surface area (Å²) < 4.78 is 39.5. The lowest BCUT2D eigenvalue weighted by atomic mass is 10.1. The molecule has 170 valence electrons. The van der Waals surface area contributed by atoms with Crippen LogP contribution < -0.4 is 14.2 Å². The van der Waals surface area contributed by atoms with Crippen LogP contribution in [-0.4, -0.2) is 69.4 Å². The molecular formula is C22H25N3O6S. The second kappa shape index (κ2) is 9.07. The van der Waals surface area contributed by atoms with E-state index < -0.39 is 10.0 Å². The van der Waals surface area contributed by atoms with Crippen LogP contribution in [-0.2, 0) is 14.8 Å². The zero-order valence-electron chi connectivity index (χ0n) is 17.7. The van der Waals surface area contributed by atoms with Gasteiger partial charge < -0.3 is 19.3 Å². The summed E-state index contributed by atoms with van der Waals surface area (Å²) in [5, 5.41) is 0. The molecular weight excluding hydrogens is 434 g/mol. The first-order valence-corrected chi connectivity index (χ1v) is 12.0. The molecule has 2 aromatic rings. The van der Waals surface area contributed by atoms with E-state index in [4.69, 9.17) is 9.47 Å². The Morgan fingerprint density at radius 1 is 0.938 bits per heavy atom. The van der Waals surface area contributed by atoms with Gasteiger partial charge in [0.05, 0.1) is 16.1 Å². The number of benzene rings is 2. The quantitative estimate of drug-likeness (QED) is 0.733. The molecule has 9 nitrogen and oxygen atoms in total. The molecule has 0 aromatic heterocycles. The number of piperazine rings is 1. The van der Waals surface area contributed by atoms with E-state index >= 15 is 0 Å². The number of sulfonamides is 1. The van der Waals surface area contributed by atoms with Gasteiger partial charge in [0, 0.05) is 38.7 Å². The maximum absolute atomic E-state index is 13.1. The third-order valence-electron chi connectivity index (χ3n) is 5.45. The lowest BCUT2D eigenvalue weighted by Crippen LogP contribution is -2.50. The van der Waals surface area contributed by atoms with Crippen molar-refractivity contribution in [3.8, 4) is 11.5 Å². The smallest absolute Gasteiger partial charge is 0.262 e. The number of rotatable bonds is 5. The molecule has 0 unspecified atom stereocenters. The Balaban J connectivity index is 1.52. The average molecular weight is 460 g/mol. The molecule has 0 saturated carbocycles. The number of para-hydroxylation sites is 1. The van der Waals surface area contributed by atoms with Crippen molar-refractivity contribution < 1.29 is 27.5 Å². The molecule has 2 aromatic carbocycles. The van der Waals surface area contributed by atoms with Gasteiger partial charge in [0.15, 0.2) is 11.5 Å². The van der Waals surface area contributed by atoms with E-state index in [1.165, 1.54) is 12.1 Å². The second-order valence-corrected chi connectivity index (χ2v) is 9.17. The summed E-state index contributed by atoms with van der Waals surface area (Å²) in [6, 6.07) is 10.9. The molecule has 2 aliphatic rings. The molecule has 1 saturated heterocycles. The van der Waals surface area contributed by atoms with Gasteiger partial charge in [0.1, 0.15) is 13.2 Å². The number of amides is 2. The number of hydrogen-bond acceptors (Lipinski definition) is 6. The second-order valence-electron chi connectivity index (χ2n) is 7.48. The molecule has 0 aliphatic carbocycles. The van der Waals surface area contributed by atoms with E-state index in [2.05, 4.69) is 4.72 Å². The van der Waals surface area contributed by atoms with Gasteiger partial charge >= 0.3 is 0 Å². The highest BCUT2D eigenvalue weighted by Crippen LogP contribution is 2.33. The van der Waals surface area contributed by atoms with Gasteiger partial charge in [-0.05, 0) is 24.3 Å². The standard InChI is InChI=1S/C22H25N3O6S/c1-2-21(26)24-9-11-25(12-10-24)22(27)17-5-3-4-6-18(17)23-32(28,29)16-7-8-19-20(15-16)31-14-13-30-19/h3-8,15,23H,2,9-14H2,1H3. The van der Waals surface area contributed by atoms with Crippen LogP contribution in [0.2, 0.25) is 0 Å². The molecule has 2 heterocycles. The third-order valence-corrected chi connectivity index (χ3v) is 6.81. The van der Waals surface area contributed by atoms with E-state index in [0.717, 1.165) is 0 Å². The molecule has 0 spiro atoms. The Kier molecular flexibility index (Phi) is 6.22. The van der Waals surface area contributed by atoms with Gasteiger partial charge in [0.25, 0.3) is 15.9 Å².